The highest BCUT2D eigenvalue weighted by molar-refractivity contribution is 8.00. The highest BCUT2D eigenvalue weighted by Gasteiger charge is 2.50. The third kappa shape index (κ3) is 4.20. The molecule has 1 aromatic carbocycles. The second-order valence-corrected chi connectivity index (χ2v) is 12.1. The average molecular weight is 465 g/mol. The van der Waals surface area contributed by atoms with E-state index in [4.69, 9.17) is 0 Å². The number of fused-ring (bicyclic) bond motifs is 1. The van der Waals surface area contributed by atoms with Crippen LogP contribution in [0.15, 0.2) is 36.5 Å². The first-order valence-electron chi connectivity index (χ1n) is 12.4. The number of hydrogen-bond donors (Lipinski definition) is 1. The molecule has 2 aromatic rings. The van der Waals surface area contributed by atoms with E-state index in [1.54, 1.807) is 11.1 Å². The van der Waals surface area contributed by atoms with Crippen LogP contribution in [-0.4, -0.2) is 38.6 Å². The van der Waals surface area contributed by atoms with Crippen LogP contribution in [0.5, 0.6) is 0 Å². The van der Waals surface area contributed by atoms with Gasteiger partial charge in [-0.1, -0.05) is 12.1 Å². The van der Waals surface area contributed by atoms with Gasteiger partial charge in [0.2, 0.25) is 5.91 Å². The molecule has 0 spiro atoms. The van der Waals surface area contributed by atoms with Crippen molar-refractivity contribution in [3.05, 3.63) is 47.7 Å². The molecule has 1 N–H and O–H groups in total. The summed E-state index contributed by atoms with van der Waals surface area (Å²) in [4.78, 5) is 26.8. The Morgan fingerprint density at radius 3 is 2.45 bits per heavy atom. The number of amides is 2. The molecule has 1 aliphatic heterocycles. The van der Waals surface area contributed by atoms with Gasteiger partial charge < -0.3 is 5.32 Å². The summed E-state index contributed by atoms with van der Waals surface area (Å²) in [6.07, 6.45) is 10.8. The van der Waals surface area contributed by atoms with Crippen molar-refractivity contribution in [3.8, 4) is 0 Å². The molecular formula is C26H32N4O2S. The molecule has 33 heavy (non-hydrogen) atoms. The van der Waals surface area contributed by atoms with Gasteiger partial charge in [0.1, 0.15) is 5.82 Å². The number of aryl methyl sites for hydroxylation is 1. The molecule has 0 radical (unpaired) electrons. The Bertz CT molecular complexity index is 1010. The number of aromatic nitrogens is 2. The number of nitrogens with zero attached hydrogens (tertiary/aromatic N) is 3. The van der Waals surface area contributed by atoms with E-state index in [1.165, 1.54) is 38.5 Å². The zero-order chi connectivity index (χ0) is 22.4. The fraction of sp³-hybridized carbons (Fsp3) is 0.577. The minimum atomic E-state index is -0.0141. The number of anilines is 1. The highest BCUT2D eigenvalue weighted by Crippen LogP contribution is 2.60. The van der Waals surface area contributed by atoms with Gasteiger partial charge >= 0.3 is 0 Å². The third-order valence-corrected chi connectivity index (χ3v) is 9.66. The second-order valence-electron chi connectivity index (χ2n) is 10.5. The van der Waals surface area contributed by atoms with E-state index in [0.29, 0.717) is 29.8 Å². The lowest BCUT2D eigenvalue weighted by Gasteiger charge is -2.56. The minimum absolute atomic E-state index is 0.0141. The zero-order valence-corrected chi connectivity index (χ0v) is 19.9. The summed E-state index contributed by atoms with van der Waals surface area (Å²) in [5.41, 5.74) is 1.68. The van der Waals surface area contributed by atoms with Crippen molar-refractivity contribution in [2.24, 2.45) is 17.8 Å². The topological polar surface area (TPSA) is 67.2 Å². The smallest absolute Gasteiger partial charge is 0.251 e. The molecule has 4 saturated carbocycles. The van der Waals surface area contributed by atoms with Gasteiger partial charge in [-0.25, -0.2) is 4.68 Å². The van der Waals surface area contributed by atoms with Crippen molar-refractivity contribution >= 4 is 29.4 Å². The SMILES string of the molecule is O=C(NCCSC12CC3CC(CC(C3)C1)C2)c1ccc(CN2C(=O)CCn3nccc32)cc1. The van der Waals surface area contributed by atoms with Gasteiger partial charge in [-0.3, -0.25) is 14.5 Å². The van der Waals surface area contributed by atoms with E-state index in [-0.39, 0.29) is 11.8 Å². The lowest BCUT2D eigenvalue weighted by molar-refractivity contribution is -0.119. The molecule has 7 heteroatoms. The van der Waals surface area contributed by atoms with Crippen molar-refractivity contribution in [1.82, 2.24) is 15.1 Å². The van der Waals surface area contributed by atoms with Crippen LogP contribution >= 0.6 is 11.8 Å². The molecule has 7 rings (SSSR count). The Labute approximate surface area is 199 Å². The van der Waals surface area contributed by atoms with Crippen LogP contribution in [0.4, 0.5) is 5.82 Å². The van der Waals surface area contributed by atoms with Crippen molar-refractivity contribution < 1.29 is 9.59 Å². The predicted molar refractivity (Wildman–Crippen MR) is 130 cm³/mol. The molecule has 2 amide bonds. The van der Waals surface area contributed by atoms with Crippen LogP contribution in [0.2, 0.25) is 0 Å². The largest absolute Gasteiger partial charge is 0.351 e. The zero-order valence-electron chi connectivity index (χ0n) is 19.0. The maximum Gasteiger partial charge on any atom is 0.251 e. The third-order valence-electron chi connectivity index (χ3n) is 8.14. The second kappa shape index (κ2) is 8.49. The van der Waals surface area contributed by atoms with Gasteiger partial charge in [0.05, 0.1) is 19.3 Å². The van der Waals surface area contributed by atoms with Gasteiger partial charge in [-0.2, -0.15) is 16.9 Å². The maximum absolute atomic E-state index is 12.7. The predicted octanol–water partition coefficient (Wildman–Crippen LogP) is 4.25. The van der Waals surface area contributed by atoms with Gasteiger partial charge in [-0.15, -0.1) is 0 Å². The van der Waals surface area contributed by atoms with E-state index in [0.717, 1.165) is 41.4 Å². The highest BCUT2D eigenvalue weighted by atomic mass is 32.2. The summed E-state index contributed by atoms with van der Waals surface area (Å²) in [6, 6.07) is 9.49. The van der Waals surface area contributed by atoms with Crippen LogP contribution < -0.4 is 10.2 Å². The number of thioether (sulfide) groups is 1. The van der Waals surface area contributed by atoms with Crippen LogP contribution in [0.25, 0.3) is 0 Å². The fourth-order valence-electron chi connectivity index (χ4n) is 7.05. The molecule has 4 aliphatic carbocycles. The first-order chi connectivity index (χ1) is 16.1. The summed E-state index contributed by atoms with van der Waals surface area (Å²) >= 11 is 2.13. The maximum atomic E-state index is 12.7. The van der Waals surface area contributed by atoms with E-state index < -0.39 is 0 Å². The molecule has 174 valence electrons. The molecule has 0 unspecified atom stereocenters. The quantitative estimate of drug-likeness (QED) is 0.622. The number of nitrogens with one attached hydrogen (secondary N) is 1. The minimum Gasteiger partial charge on any atom is -0.351 e. The van der Waals surface area contributed by atoms with E-state index in [1.807, 2.05) is 35.0 Å². The molecule has 4 fully saturated rings. The lowest BCUT2D eigenvalue weighted by atomic mass is 9.56. The molecule has 5 aliphatic rings. The molecule has 1 aromatic heterocycles. The van der Waals surface area contributed by atoms with E-state index >= 15 is 0 Å². The van der Waals surface area contributed by atoms with Crippen LogP contribution in [0.1, 0.15) is 60.9 Å². The van der Waals surface area contributed by atoms with Crippen LogP contribution in [0, 0.1) is 17.8 Å². The number of rotatable bonds is 7. The fourth-order valence-corrected chi connectivity index (χ4v) is 8.74. The summed E-state index contributed by atoms with van der Waals surface area (Å²) in [5.74, 6) is 4.85. The van der Waals surface area contributed by atoms with Gasteiger partial charge in [0, 0.05) is 35.1 Å². The standard InChI is InChI=1S/C26H32N4O2S/c31-24-6-9-30-23(5-7-28-30)29(24)17-18-1-3-22(4-2-18)25(32)27-8-10-33-26-14-19-11-20(15-26)13-21(12-19)16-26/h1-5,7,19-21H,6,8-17H2,(H,27,32). The van der Waals surface area contributed by atoms with Crippen LogP contribution in [-0.2, 0) is 17.9 Å². The van der Waals surface area contributed by atoms with Crippen molar-refractivity contribution in [2.75, 3.05) is 17.2 Å². The molecule has 2 heterocycles. The van der Waals surface area contributed by atoms with Gasteiger partial charge in [0.15, 0.2) is 0 Å². The van der Waals surface area contributed by atoms with E-state index in [2.05, 4.69) is 22.2 Å². The number of hydrogen-bond acceptors (Lipinski definition) is 4. The Morgan fingerprint density at radius 1 is 1.06 bits per heavy atom. The lowest BCUT2D eigenvalue weighted by Crippen LogP contribution is -2.48. The number of benzene rings is 1. The van der Waals surface area contributed by atoms with Gasteiger partial charge in [0.25, 0.3) is 5.91 Å². The Morgan fingerprint density at radius 2 is 1.76 bits per heavy atom. The van der Waals surface area contributed by atoms with E-state index in [9.17, 15) is 9.59 Å². The molecule has 0 atom stereocenters. The average Bonchev–Trinajstić information content (AvgIpc) is 3.27. The Balaban J connectivity index is 1.00. The summed E-state index contributed by atoms with van der Waals surface area (Å²) in [7, 11) is 0. The van der Waals surface area contributed by atoms with Crippen molar-refractivity contribution in [3.63, 3.8) is 0 Å². The Kier molecular flexibility index (Phi) is 5.47. The number of carbonyl (C=O) groups excluding carboxylic acids is 2. The molecular weight excluding hydrogens is 432 g/mol. The summed E-state index contributed by atoms with van der Waals surface area (Å²) in [6.45, 7) is 1.85. The molecule has 6 nitrogen and oxygen atoms in total. The molecule has 4 bridgehead atoms. The van der Waals surface area contributed by atoms with Crippen molar-refractivity contribution in [2.45, 2.75) is 62.8 Å². The first kappa shape index (κ1) is 21.3. The number of carbonyl (C=O) groups is 2. The monoisotopic (exact) mass is 464 g/mol. The van der Waals surface area contributed by atoms with Crippen molar-refractivity contribution in [1.29, 1.82) is 0 Å². The Hall–Kier alpha value is -2.28. The normalized spacial score (nSPS) is 29.9. The molecule has 0 saturated heterocycles. The summed E-state index contributed by atoms with van der Waals surface area (Å²) < 4.78 is 2.37. The first-order valence-corrected chi connectivity index (χ1v) is 13.4. The summed E-state index contributed by atoms with van der Waals surface area (Å²) in [5, 5.41) is 7.39. The van der Waals surface area contributed by atoms with Crippen LogP contribution in [0.3, 0.4) is 0 Å². The van der Waals surface area contributed by atoms with Gasteiger partial charge in [-0.05, 0) is 74.0 Å².